The number of para-hydroxylation sites is 2. The van der Waals surface area contributed by atoms with E-state index in [4.69, 9.17) is 12.8 Å². The summed E-state index contributed by atoms with van der Waals surface area (Å²) in [5.41, 5.74) is 2.83. The molecule has 2 radical (unpaired) electrons. The van der Waals surface area contributed by atoms with E-state index in [1.807, 2.05) is 30.3 Å². The van der Waals surface area contributed by atoms with Crippen molar-refractivity contribution in [2.24, 2.45) is 0 Å². The summed E-state index contributed by atoms with van der Waals surface area (Å²) in [6.45, 7) is 0. The van der Waals surface area contributed by atoms with E-state index in [0.717, 1.165) is 32.2 Å². The smallest absolute Gasteiger partial charge is 0.115 e. The number of hydrogen-bond donors (Lipinski definition) is 0. The Kier molecular flexibility index (Phi) is 3.36. The summed E-state index contributed by atoms with van der Waals surface area (Å²) in [6.07, 6.45) is 0. The molecule has 0 N–H and O–H groups in total. The lowest BCUT2D eigenvalue weighted by molar-refractivity contribution is 1.44. The molecule has 1 aromatic heterocycles. The van der Waals surface area contributed by atoms with Gasteiger partial charge in [0.2, 0.25) is 0 Å². The maximum atomic E-state index is 6.12. The molecule has 0 saturated heterocycles. The Hall–Kier alpha value is -2.26. The van der Waals surface area contributed by atoms with Crippen molar-refractivity contribution in [3.63, 3.8) is 0 Å². The molecule has 4 rings (SSSR count). The standard InChI is InChI=1S/C19H12BNS/c20-15-9-3-6-12-18(15)22-19-13-7-1-4-10-16(13)21-17-11-5-2-8-14(17)19/h1-12H. The van der Waals surface area contributed by atoms with Gasteiger partial charge in [0, 0.05) is 20.6 Å². The first-order chi connectivity index (χ1) is 10.8. The minimum Gasteiger partial charge on any atom is -0.248 e. The Morgan fingerprint density at radius 2 is 1.23 bits per heavy atom. The summed E-state index contributed by atoms with van der Waals surface area (Å²) in [7, 11) is 6.12. The van der Waals surface area contributed by atoms with E-state index in [2.05, 4.69) is 42.5 Å². The van der Waals surface area contributed by atoms with E-state index >= 15 is 0 Å². The third-order valence-corrected chi connectivity index (χ3v) is 4.90. The summed E-state index contributed by atoms with van der Waals surface area (Å²) in [5.74, 6) is 0. The lowest BCUT2D eigenvalue weighted by Gasteiger charge is -2.12. The highest BCUT2D eigenvalue weighted by atomic mass is 32.2. The van der Waals surface area contributed by atoms with Crippen LogP contribution in [0.15, 0.2) is 82.6 Å². The molecule has 0 amide bonds. The average Bonchev–Trinajstić information content (AvgIpc) is 2.56. The predicted octanol–water partition coefficient (Wildman–Crippen LogP) is 4.33. The summed E-state index contributed by atoms with van der Waals surface area (Å²) in [6, 6.07) is 24.5. The van der Waals surface area contributed by atoms with Gasteiger partial charge in [-0.1, -0.05) is 71.8 Å². The van der Waals surface area contributed by atoms with Crippen LogP contribution in [0.2, 0.25) is 0 Å². The maximum absolute atomic E-state index is 6.12. The van der Waals surface area contributed by atoms with Crippen LogP contribution in [-0.2, 0) is 0 Å². The summed E-state index contributed by atoms with van der Waals surface area (Å²) in [5, 5.41) is 2.32. The first kappa shape index (κ1) is 13.4. The van der Waals surface area contributed by atoms with Gasteiger partial charge in [-0.15, -0.1) is 0 Å². The van der Waals surface area contributed by atoms with Gasteiger partial charge in [0.25, 0.3) is 0 Å². The zero-order valence-corrected chi connectivity index (χ0v) is 12.7. The maximum Gasteiger partial charge on any atom is 0.115 e. The molecular formula is C19H12BNS. The van der Waals surface area contributed by atoms with Crippen LogP contribution in [0.25, 0.3) is 21.8 Å². The highest BCUT2D eigenvalue weighted by molar-refractivity contribution is 8.00. The molecule has 0 aliphatic rings. The quantitative estimate of drug-likeness (QED) is 0.403. The van der Waals surface area contributed by atoms with Crippen LogP contribution >= 0.6 is 11.8 Å². The van der Waals surface area contributed by atoms with Crippen molar-refractivity contribution >= 4 is 46.9 Å². The molecule has 0 spiro atoms. The number of nitrogens with zero attached hydrogens (tertiary/aromatic N) is 1. The fourth-order valence-electron chi connectivity index (χ4n) is 2.59. The Morgan fingerprint density at radius 1 is 0.682 bits per heavy atom. The second-order valence-electron chi connectivity index (χ2n) is 5.12. The minimum absolute atomic E-state index is 0.803. The Bertz CT molecular complexity index is 927. The van der Waals surface area contributed by atoms with Crippen molar-refractivity contribution in [3.05, 3.63) is 72.8 Å². The molecule has 0 atom stereocenters. The summed E-state index contributed by atoms with van der Waals surface area (Å²) < 4.78 is 0. The van der Waals surface area contributed by atoms with Crippen LogP contribution in [0.4, 0.5) is 0 Å². The fourth-order valence-corrected chi connectivity index (χ4v) is 3.71. The van der Waals surface area contributed by atoms with Gasteiger partial charge < -0.3 is 0 Å². The second kappa shape index (κ2) is 5.50. The molecular weight excluding hydrogens is 285 g/mol. The molecule has 0 unspecified atom stereocenters. The number of pyridine rings is 1. The van der Waals surface area contributed by atoms with E-state index in [1.54, 1.807) is 11.8 Å². The average molecular weight is 297 g/mol. The molecule has 1 heterocycles. The van der Waals surface area contributed by atoms with E-state index in [1.165, 1.54) is 4.90 Å². The van der Waals surface area contributed by atoms with E-state index in [0.29, 0.717) is 0 Å². The normalized spacial score (nSPS) is 11.1. The lowest BCUT2D eigenvalue weighted by atomic mass is 9.97. The van der Waals surface area contributed by atoms with Crippen LogP contribution < -0.4 is 5.46 Å². The van der Waals surface area contributed by atoms with Crippen molar-refractivity contribution in [2.45, 2.75) is 9.79 Å². The van der Waals surface area contributed by atoms with E-state index in [9.17, 15) is 0 Å². The van der Waals surface area contributed by atoms with Crippen LogP contribution in [0.3, 0.4) is 0 Å². The monoisotopic (exact) mass is 297 g/mol. The third-order valence-electron chi connectivity index (χ3n) is 3.67. The lowest BCUT2D eigenvalue weighted by Crippen LogP contribution is -2.04. The molecule has 4 aromatic rings. The van der Waals surface area contributed by atoms with Crippen molar-refractivity contribution in [1.29, 1.82) is 0 Å². The van der Waals surface area contributed by atoms with Gasteiger partial charge in [-0.05, 0) is 18.2 Å². The first-order valence-electron chi connectivity index (χ1n) is 7.13. The Morgan fingerprint density at radius 3 is 1.86 bits per heavy atom. The van der Waals surface area contributed by atoms with Crippen molar-refractivity contribution in [2.75, 3.05) is 0 Å². The van der Waals surface area contributed by atoms with Crippen LogP contribution in [0.1, 0.15) is 0 Å². The summed E-state index contributed by atoms with van der Waals surface area (Å²) in [4.78, 5) is 7.04. The first-order valence-corrected chi connectivity index (χ1v) is 7.94. The molecule has 0 aliphatic heterocycles. The van der Waals surface area contributed by atoms with Gasteiger partial charge in [0.1, 0.15) is 7.85 Å². The third kappa shape index (κ3) is 2.28. The minimum atomic E-state index is 0.803. The van der Waals surface area contributed by atoms with Gasteiger partial charge in [0.15, 0.2) is 0 Å². The summed E-state index contributed by atoms with van der Waals surface area (Å²) >= 11 is 1.71. The van der Waals surface area contributed by atoms with E-state index in [-0.39, 0.29) is 0 Å². The highest BCUT2D eigenvalue weighted by Gasteiger charge is 2.10. The molecule has 1 nitrogen and oxygen atoms in total. The SMILES string of the molecule is [B]c1ccccc1Sc1c2ccccc2nc2ccccc12. The van der Waals surface area contributed by atoms with Crippen LogP contribution in [-0.4, -0.2) is 12.8 Å². The molecule has 3 aromatic carbocycles. The number of rotatable bonds is 2. The fraction of sp³-hybridized carbons (Fsp3) is 0. The van der Waals surface area contributed by atoms with Crippen molar-refractivity contribution in [1.82, 2.24) is 4.98 Å². The van der Waals surface area contributed by atoms with Crippen molar-refractivity contribution < 1.29 is 0 Å². The number of aromatic nitrogens is 1. The van der Waals surface area contributed by atoms with Gasteiger partial charge in [-0.3, -0.25) is 0 Å². The highest BCUT2D eigenvalue weighted by Crippen LogP contribution is 2.37. The molecule has 102 valence electrons. The van der Waals surface area contributed by atoms with Gasteiger partial charge in [0.05, 0.1) is 11.0 Å². The molecule has 0 fully saturated rings. The molecule has 22 heavy (non-hydrogen) atoms. The Labute approximate surface area is 134 Å². The predicted molar refractivity (Wildman–Crippen MR) is 95.2 cm³/mol. The zero-order chi connectivity index (χ0) is 14.9. The Balaban J connectivity index is 2.02. The van der Waals surface area contributed by atoms with Crippen LogP contribution in [0.5, 0.6) is 0 Å². The van der Waals surface area contributed by atoms with Crippen LogP contribution in [0, 0.1) is 0 Å². The second-order valence-corrected chi connectivity index (χ2v) is 6.17. The topological polar surface area (TPSA) is 12.9 Å². The molecule has 0 saturated carbocycles. The number of fused-ring (bicyclic) bond motifs is 2. The van der Waals surface area contributed by atoms with Gasteiger partial charge in [-0.25, -0.2) is 4.98 Å². The zero-order valence-electron chi connectivity index (χ0n) is 11.9. The van der Waals surface area contributed by atoms with Crippen molar-refractivity contribution in [3.8, 4) is 0 Å². The van der Waals surface area contributed by atoms with Gasteiger partial charge >= 0.3 is 0 Å². The number of benzene rings is 3. The van der Waals surface area contributed by atoms with Gasteiger partial charge in [-0.2, -0.15) is 0 Å². The number of hydrogen-bond acceptors (Lipinski definition) is 2. The largest absolute Gasteiger partial charge is 0.248 e. The molecule has 0 aliphatic carbocycles. The molecule has 0 bridgehead atoms. The van der Waals surface area contributed by atoms with E-state index < -0.39 is 0 Å². The molecule has 3 heteroatoms.